The number of carbonyl (C=O) groups excluding carboxylic acids is 1. The van der Waals surface area contributed by atoms with Gasteiger partial charge in [0.1, 0.15) is 0 Å². The molecule has 0 amide bonds. The minimum atomic E-state index is -0.107. The molecule has 13 heavy (non-hydrogen) atoms. The van der Waals surface area contributed by atoms with Gasteiger partial charge in [-0.25, -0.2) is 0 Å². The van der Waals surface area contributed by atoms with Crippen molar-refractivity contribution < 1.29 is 9.63 Å². The van der Waals surface area contributed by atoms with Gasteiger partial charge in [-0.3, -0.25) is 4.79 Å². The molecule has 0 saturated heterocycles. The maximum absolute atomic E-state index is 11.1. The van der Waals surface area contributed by atoms with Crippen molar-refractivity contribution in [2.24, 2.45) is 0 Å². The van der Waals surface area contributed by atoms with Crippen LogP contribution in [0.1, 0.15) is 46.5 Å². The second-order valence-corrected chi connectivity index (χ2v) is 3.14. The van der Waals surface area contributed by atoms with Gasteiger partial charge in [-0.1, -0.05) is 20.8 Å². The zero-order valence-corrected chi connectivity index (χ0v) is 9.01. The quantitative estimate of drug-likeness (QED) is 0.573. The molecule has 0 aromatic heterocycles. The van der Waals surface area contributed by atoms with Crippen molar-refractivity contribution >= 4 is 5.97 Å². The molecule has 0 aromatic rings. The lowest BCUT2D eigenvalue weighted by Crippen LogP contribution is -2.28. The molecule has 0 aliphatic heterocycles. The second kappa shape index (κ2) is 8.05. The Morgan fingerprint density at radius 1 is 1.08 bits per heavy atom. The topological polar surface area (TPSA) is 29.5 Å². The summed E-state index contributed by atoms with van der Waals surface area (Å²) in [5.74, 6) is -0.107. The lowest BCUT2D eigenvalue weighted by atomic mass is 10.3. The van der Waals surface area contributed by atoms with Crippen molar-refractivity contribution in [2.75, 3.05) is 13.1 Å². The van der Waals surface area contributed by atoms with E-state index < -0.39 is 0 Å². The Balaban J connectivity index is 3.71. The summed E-state index contributed by atoms with van der Waals surface area (Å²) in [5.41, 5.74) is 0. The predicted octanol–water partition coefficient (Wildman–Crippen LogP) is 2.37. The summed E-state index contributed by atoms with van der Waals surface area (Å²) >= 11 is 0. The summed E-state index contributed by atoms with van der Waals surface area (Å²) in [7, 11) is 0. The normalized spacial score (nSPS) is 10.5. The largest absolute Gasteiger partial charge is 0.368 e. The first kappa shape index (κ1) is 12.4. The summed E-state index contributed by atoms with van der Waals surface area (Å²) < 4.78 is 0. The van der Waals surface area contributed by atoms with Gasteiger partial charge in [0.15, 0.2) is 0 Å². The van der Waals surface area contributed by atoms with Crippen molar-refractivity contribution in [3.63, 3.8) is 0 Å². The molecule has 0 heterocycles. The minimum Gasteiger partial charge on any atom is -0.368 e. The average molecular weight is 187 g/mol. The van der Waals surface area contributed by atoms with Crippen LogP contribution < -0.4 is 0 Å². The lowest BCUT2D eigenvalue weighted by Gasteiger charge is -2.19. The molecule has 0 aliphatic carbocycles. The van der Waals surface area contributed by atoms with Crippen LogP contribution in [-0.2, 0) is 9.63 Å². The smallest absolute Gasteiger partial charge is 0.325 e. The van der Waals surface area contributed by atoms with E-state index >= 15 is 0 Å². The number of hydrogen-bond donors (Lipinski definition) is 0. The van der Waals surface area contributed by atoms with Crippen LogP contribution in [0.4, 0.5) is 0 Å². The Bertz CT molecular complexity index is 131. The fourth-order valence-electron chi connectivity index (χ4n) is 1.10. The number of hydrogen-bond acceptors (Lipinski definition) is 3. The highest BCUT2D eigenvalue weighted by Crippen LogP contribution is 1.99. The zero-order valence-electron chi connectivity index (χ0n) is 9.01. The highest BCUT2D eigenvalue weighted by molar-refractivity contribution is 5.68. The molecule has 0 radical (unpaired) electrons. The van der Waals surface area contributed by atoms with E-state index in [0.717, 1.165) is 32.4 Å². The molecule has 0 rings (SSSR count). The fourth-order valence-corrected chi connectivity index (χ4v) is 1.10. The Morgan fingerprint density at radius 3 is 2.00 bits per heavy atom. The second-order valence-electron chi connectivity index (χ2n) is 3.14. The van der Waals surface area contributed by atoms with Gasteiger partial charge in [0.05, 0.1) is 0 Å². The van der Waals surface area contributed by atoms with E-state index in [9.17, 15) is 4.79 Å². The highest BCUT2D eigenvalue weighted by Gasteiger charge is 2.08. The maximum Gasteiger partial charge on any atom is 0.325 e. The van der Waals surface area contributed by atoms with Crippen molar-refractivity contribution in [1.82, 2.24) is 5.06 Å². The van der Waals surface area contributed by atoms with Crippen LogP contribution in [0.2, 0.25) is 0 Å². The molecular formula is C10H21NO2. The van der Waals surface area contributed by atoms with Gasteiger partial charge < -0.3 is 4.84 Å². The third kappa shape index (κ3) is 6.58. The molecule has 0 bridgehead atoms. The standard InChI is InChI=1S/C10H21NO2/c1-4-7-10(12)13-11(8-5-2)9-6-3/h4-9H2,1-3H3. The molecule has 0 unspecified atom stereocenters. The van der Waals surface area contributed by atoms with Gasteiger partial charge in [-0.15, -0.1) is 5.06 Å². The predicted molar refractivity (Wildman–Crippen MR) is 53.2 cm³/mol. The maximum atomic E-state index is 11.1. The molecule has 78 valence electrons. The van der Waals surface area contributed by atoms with Crippen molar-refractivity contribution in [2.45, 2.75) is 46.5 Å². The summed E-state index contributed by atoms with van der Waals surface area (Å²) in [6, 6.07) is 0. The van der Waals surface area contributed by atoms with Gasteiger partial charge in [-0.05, 0) is 19.3 Å². The van der Waals surface area contributed by atoms with Gasteiger partial charge in [0.25, 0.3) is 0 Å². The molecule has 3 heteroatoms. The first-order valence-electron chi connectivity index (χ1n) is 5.20. The van der Waals surface area contributed by atoms with Crippen molar-refractivity contribution in [3.8, 4) is 0 Å². The Labute approximate surface area is 81.0 Å². The molecule has 0 aromatic carbocycles. The van der Waals surface area contributed by atoms with Crippen LogP contribution in [0, 0.1) is 0 Å². The molecule has 0 spiro atoms. The Hall–Kier alpha value is -0.570. The van der Waals surface area contributed by atoms with E-state index in [0.29, 0.717) is 6.42 Å². The van der Waals surface area contributed by atoms with Crippen LogP contribution >= 0.6 is 0 Å². The molecular weight excluding hydrogens is 166 g/mol. The summed E-state index contributed by atoms with van der Waals surface area (Å²) in [5, 5.41) is 1.76. The monoisotopic (exact) mass is 187 g/mol. The third-order valence-electron chi connectivity index (χ3n) is 1.63. The van der Waals surface area contributed by atoms with Crippen LogP contribution in [0.15, 0.2) is 0 Å². The van der Waals surface area contributed by atoms with Crippen molar-refractivity contribution in [1.29, 1.82) is 0 Å². The molecule has 0 saturated carbocycles. The van der Waals surface area contributed by atoms with Crippen LogP contribution in [-0.4, -0.2) is 24.1 Å². The van der Waals surface area contributed by atoms with E-state index in [4.69, 9.17) is 4.84 Å². The molecule has 0 N–H and O–H groups in total. The van der Waals surface area contributed by atoms with E-state index in [1.165, 1.54) is 0 Å². The van der Waals surface area contributed by atoms with Crippen molar-refractivity contribution in [3.05, 3.63) is 0 Å². The van der Waals surface area contributed by atoms with E-state index in [2.05, 4.69) is 13.8 Å². The fraction of sp³-hybridized carbons (Fsp3) is 0.900. The molecule has 0 atom stereocenters. The van der Waals surface area contributed by atoms with Gasteiger partial charge >= 0.3 is 5.97 Å². The highest BCUT2D eigenvalue weighted by atomic mass is 16.7. The Kier molecular flexibility index (Phi) is 7.69. The van der Waals surface area contributed by atoms with E-state index in [1.807, 2.05) is 6.92 Å². The van der Waals surface area contributed by atoms with E-state index in [1.54, 1.807) is 5.06 Å². The summed E-state index contributed by atoms with van der Waals surface area (Å²) in [6.07, 6.45) is 3.40. The van der Waals surface area contributed by atoms with Crippen LogP contribution in [0.25, 0.3) is 0 Å². The average Bonchev–Trinajstić information content (AvgIpc) is 2.05. The van der Waals surface area contributed by atoms with Gasteiger partial charge in [0.2, 0.25) is 0 Å². The summed E-state index contributed by atoms with van der Waals surface area (Å²) in [6.45, 7) is 7.81. The zero-order chi connectivity index (χ0) is 10.1. The molecule has 0 aliphatic rings. The number of nitrogens with zero attached hydrogens (tertiary/aromatic N) is 1. The lowest BCUT2D eigenvalue weighted by molar-refractivity contribution is -0.190. The number of carbonyl (C=O) groups is 1. The molecule has 3 nitrogen and oxygen atoms in total. The molecule has 0 fully saturated rings. The summed E-state index contributed by atoms with van der Waals surface area (Å²) in [4.78, 5) is 16.3. The Morgan fingerprint density at radius 2 is 1.62 bits per heavy atom. The van der Waals surface area contributed by atoms with E-state index in [-0.39, 0.29) is 5.97 Å². The van der Waals surface area contributed by atoms with Crippen LogP contribution in [0.5, 0.6) is 0 Å². The third-order valence-corrected chi connectivity index (χ3v) is 1.63. The SMILES string of the molecule is CCCC(=O)ON(CCC)CCC. The minimum absolute atomic E-state index is 0.107. The number of rotatable bonds is 7. The first-order chi connectivity index (χ1) is 6.24. The first-order valence-corrected chi connectivity index (χ1v) is 5.20. The van der Waals surface area contributed by atoms with Crippen LogP contribution in [0.3, 0.4) is 0 Å². The van der Waals surface area contributed by atoms with Gasteiger partial charge in [0, 0.05) is 19.5 Å². The van der Waals surface area contributed by atoms with Gasteiger partial charge in [-0.2, -0.15) is 0 Å². The number of hydroxylamine groups is 2.